The van der Waals surface area contributed by atoms with Crippen molar-refractivity contribution in [1.29, 1.82) is 0 Å². The van der Waals surface area contributed by atoms with Crippen LogP contribution in [0.5, 0.6) is 0 Å². The van der Waals surface area contributed by atoms with Gasteiger partial charge in [0.25, 0.3) is 0 Å². The molecule has 0 heterocycles. The smallest absolute Gasteiger partial charge is 0.184 e. The van der Waals surface area contributed by atoms with E-state index in [-0.39, 0.29) is 48.0 Å². The van der Waals surface area contributed by atoms with E-state index in [2.05, 4.69) is 6.58 Å². The summed E-state index contributed by atoms with van der Waals surface area (Å²) < 4.78 is 0. The fourth-order valence-corrected chi connectivity index (χ4v) is 5.80. The van der Waals surface area contributed by atoms with E-state index in [1.807, 2.05) is 46.8 Å². The molecule has 0 amide bonds. The molecule has 0 radical (unpaired) electrons. The van der Waals surface area contributed by atoms with Crippen LogP contribution in [0.1, 0.15) is 79.2 Å². The lowest BCUT2D eigenvalue weighted by atomic mass is 9.63. The van der Waals surface area contributed by atoms with Crippen molar-refractivity contribution in [2.75, 3.05) is 0 Å². The lowest BCUT2D eigenvalue weighted by molar-refractivity contribution is -0.137. The standard InChI is InChI=1S/C33H42O5/c1-20(2)13-17-33(18-14-21(3)4)30(36)25(19-26-24(22(5)6)15-16-32(26,7)38)29(35)27(31(33)37)28(34)23-11-9-8-10-12-23/h8-14,24,26,34-35,38H,5,15-19H2,1-4,6-7H3/b28-27+. The molecule has 3 unspecified atom stereocenters. The van der Waals surface area contributed by atoms with Crippen molar-refractivity contribution in [2.45, 2.75) is 79.2 Å². The van der Waals surface area contributed by atoms with E-state index in [0.29, 0.717) is 12.0 Å². The van der Waals surface area contributed by atoms with Crippen LogP contribution >= 0.6 is 0 Å². The molecule has 3 atom stereocenters. The third kappa shape index (κ3) is 5.63. The van der Waals surface area contributed by atoms with Crippen molar-refractivity contribution in [3.05, 3.63) is 88.3 Å². The SMILES string of the molecule is C=C(C)C1CCC(C)(O)C1CC1=C(O)/C(=C(\O)c2ccccc2)C(=O)C(CC=C(C)C)(CC=C(C)C)C1=O. The lowest BCUT2D eigenvalue weighted by Crippen LogP contribution is -2.46. The van der Waals surface area contributed by atoms with E-state index in [9.17, 15) is 24.9 Å². The maximum absolute atomic E-state index is 14.4. The Kier molecular flexibility index (Phi) is 8.72. The molecule has 3 N–H and O–H groups in total. The van der Waals surface area contributed by atoms with Gasteiger partial charge in [0, 0.05) is 11.1 Å². The van der Waals surface area contributed by atoms with Crippen LogP contribution in [0, 0.1) is 17.3 Å². The second kappa shape index (κ2) is 11.3. The van der Waals surface area contributed by atoms with Gasteiger partial charge in [0.2, 0.25) is 0 Å². The second-order valence-electron chi connectivity index (χ2n) is 11.8. The first-order valence-electron chi connectivity index (χ1n) is 13.4. The molecule has 5 heteroatoms. The summed E-state index contributed by atoms with van der Waals surface area (Å²) in [4.78, 5) is 28.6. The molecule has 204 valence electrons. The first-order chi connectivity index (χ1) is 17.7. The Balaban J connectivity index is 2.32. The van der Waals surface area contributed by atoms with E-state index in [1.165, 1.54) is 0 Å². The van der Waals surface area contributed by atoms with Crippen LogP contribution in [0.4, 0.5) is 0 Å². The Bertz CT molecular complexity index is 1210. The molecule has 2 aliphatic carbocycles. The van der Waals surface area contributed by atoms with Crippen molar-refractivity contribution < 1.29 is 24.9 Å². The van der Waals surface area contributed by atoms with E-state index < -0.39 is 28.3 Å². The zero-order valence-corrected chi connectivity index (χ0v) is 23.6. The highest BCUT2D eigenvalue weighted by Gasteiger charge is 2.54. The first-order valence-corrected chi connectivity index (χ1v) is 13.4. The number of hydrogen-bond donors (Lipinski definition) is 3. The van der Waals surface area contributed by atoms with Gasteiger partial charge >= 0.3 is 0 Å². The Morgan fingerprint density at radius 2 is 1.55 bits per heavy atom. The van der Waals surface area contributed by atoms with Gasteiger partial charge in [-0.25, -0.2) is 0 Å². The third-order valence-corrected chi connectivity index (χ3v) is 8.20. The number of aliphatic hydroxyl groups is 3. The van der Waals surface area contributed by atoms with Crippen molar-refractivity contribution in [3.8, 4) is 0 Å². The van der Waals surface area contributed by atoms with Crippen molar-refractivity contribution >= 4 is 17.3 Å². The molecule has 1 aromatic carbocycles. The largest absolute Gasteiger partial charge is 0.507 e. The predicted octanol–water partition coefficient (Wildman–Crippen LogP) is 7.36. The Labute approximate surface area is 227 Å². The van der Waals surface area contributed by atoms with Crippen LogP contribution in [0.2, 0.25) is 0 Å². The average Bonchev–Trinajstić information content (AvgIpc) is 3.15. The maximum Gasteiger partial charge on any atom is 0.184 e. The van der Waals surface area contributed by atoms with Gasteiger partial charge < -0.3 is 15.3 Å². The fraction of sp³-hybridized carbons (Fsp3) is 0.455. The minimum Gasteiger partial charge on any atom is -0.507 e. The highest BCUT2D eigenvalue weighted by Crippen LogP contribution is 2.51. The first kappa shape index (κ1) is 29.4. The number of carbonyl (C=O) groups excluding carboxylic acids is 2. The maximum atomic E-state index is 14.4. The summed E-state index contributed by atoms with van der Waals surface area (Å²) >= 11 is 0. The summed E-state index contributed by atoms with van der Waals surface area (Å²) in [7, 11) is 0. The molecule has 0 saturated heterocycles. The molecular weight excluding hydrogens is 476 g/mol. The molecule has 0 bridgehead atoms. The minimum absolute atomic E-state index is 0.0316. The molecule has 1 fully saturated rings. The predicted molar refractivity (Wildman–Crippen MR) is 152 cm³/mol. The zero-order chi connectivity index (χ0) is 28.4. The Morgan fingerprint density at radius 3 is 2.05 bits per heavy atom. The Hall–Kier alpha value is -3.18. The topological polar surface area (TPSA) is 94.8 Å². The van der Waals surface area contributed by atoms with E-state index in [0.717, 1.165) is 23.1 Å². The van der Waals surface area contributed by atoms with Gasteiger partial charge in [-0.1, -0.05) is 65.8 Å². The van der Waals surface area contributed by atoms with Crippen LogP contribution in [-0.4, -0.2) is 32.5 Å². The second-order valence-corrected chi connectivity index (χ2v) is 11.8. The van der Waals surface area contributed by atoms with E-state index in [1.54, 1.807) is 37.3 Å². The number of carbonyl (C=O) groups is 2. The summed E-state index contributed by atoms with van der Waals surface area (Å²) in [6.45, 7) is 15.4. The van der Waals surface area contributed by atoms with Crippen molar-refractivity contribution in [3.63, 3.8) is 0 Å². The van der Waals surface area contributed by atoms with Gasteiger partial charge in [-0.3, -0.25) is 9.59 Å². The number of hydrogen-bond acceptors (Lipinski definition) is 5. The average molecular weight is 519 g/mol. The minimum atomic E-state index is -1.52. The number of rotatable bonds is 8. The lowest BCUT2D eigenvalue weighted by Gasteiger charge is -2.38. The quantitative estimate of drug-likeness (QED) is 0.145. The summed E-state index contributed by atoms with van der Waals surface area (Å²) in [6, 6.07) is 8.58. The molecule has 2 aliphatic rings. The van der Waals surface area contributed by atoms with Crippen molar-refractivity contribution in [2.24, 2.45) is 17.3 Å². The molecule has 3 rings (SSSR count). The monoisotopic (exact) mass is 518 g/mol. The van der Waals surface area contributed by atoms with E-state index >= 15 is 0 Å². The van der Waals surface area contributed by atoms with Gasteiger partial charge in [-0.2, -0.15) is 0 Å². The third-order valence-electron chi connectivity index (χ3n) is 8.20. The van der Waals surface area contributed by atoms with Crippen LogP contribution < -0.4 is 0 Å². The number of benzene rings is 1. The number of allylic oxidation sites excluding steroid dienone is 7. The normalized spacial score (nSPS) is 26.3. The fourth-order valence-electron chi connectivity index (χ4n) is 5.80. The molecular formula is C33H42O5. The van der Waals surface area contributed by atoms with E-state index in [4.69, 9.17) is 0 Å². The van der Waals surface area contributed by atoms with Gasteiger partial charge in [-0.05, 0) is 85.5 Å². The molecule has 5 nitrogen and oxygen atoms in total. The summed E-state index contributed by atoms with van der Waals surface area (Å²) in [5, 5.41) is 34.1. The summed E-state index contributed by atoms with van der Waals surface area (Å²) in [6.07, 6.45) is 5.39. The van der Waals surface area contributed by atoms with Gasteiger partial charge in [-0.15, -0.1) is 0 Å². The molecule has 0 aromatic heterocycles. The highest BCUT2D eigenvalue weighted by atomic mass is 16.3. The van der Waals surface area contributed by atoms with Crippen LogP contribution in [-0.2, 0) is 9.59 Å². The number of aliphatic hydroxyl groups excluding tert-OH is 2. The molecule has 0 aliphatic heterocycles. The zero-order valence-electron chi connectivity index (χ0n) is 23.6. The molecule has 38 heavy (non-hydrogen) atoms. The summed E-state index contributed by atoms with van der Waals surface area (Å²) in [5.74, 6) is -2.27. The van der Waals surface area contributed by atoms with Crippen LogP contribution in [0.25, 0.3) is 5.76 Å². The molecule has 1 aromatic rings. The highest BCUT2D eigenvalue weighted by molar-refractivity contribution is 6.26. The van der Waals surface area contributed by atoms with Gasteiger partial charge in [0.05, 0.1) is 5.60 Å². The summed E-state index contributed by atoms with van der Waals surface area (Å²) in [5.41, 5.74) is 0.480. The van der Waals surface area contributed by atoms with Crippen LogP contribution in [0.3, 0.4) is 0 Å². The van der Waals surface area contributed by atoms with Gasteiger partial charge in [0.15, 0.2) is 11.6 Å². The number of Topliss-reactive ketones (excluding diaryl/α,β-unsaturated/α-hetero) is 2. The Morgan fingerprint density at radius 1 is 1.00 bits per heavy atom. The molecule has 1 saturated carbocycles. The van der Waals surface area contributed by atoms with Gasteiger partial charge in [0.1, 0.15) is 22.5 Å². The van der Waals surface area contributed by atoms with Crippen molar-refractivity contribution in [1.82, 2.24) is 0 Å². The molecule has 0 spiro atoms. The van der Waals surface area contributed by atoms with Crippen LogP contribution in [0.15, 0.2) is 82.7 Å². The number of ketones is 2.